The SMILES string of the molecule is Cc1cc(C)c(C)c(C)c1C.Cc1cc(Cc2cc(C)c(C)c(C)c2)cc(C)c1C. The first-order valence-electron chi connectivity index (χ1n) is 11.1. The third kappa shape index (κ3) is 5.42. The quantitative estimate of drug-likeness (QED) is 0.405. The minimum absolute atomic E-state index is 1.03. The van der Waals surface area contributed by atoms with Crippen LogP contribution in [-0.2, 0) is 6.42 Å². The van der Waals surface area contributed by atoms with Crippen molar-refractivity contribution < 1.29 is 0 Å². The lowest BCUT2D eigenvalue weighted by atomic mass is 9.94. The van der Waals surface area contributed by atoms with Crippen molar-refractivity contribution in [2.45, 2.75) is 82.6 Å². The Morgan fingerprint density at radius 2 is 0.600 bits per heavy atom. The largest absolute Gasteiger partial charge is 0.0558 e. The van der Waals surface area contributed by atoms with Gasteiger partial charge in [0.05, 0.1) is 0 Å². The summed E-state index contributed by atoms with van der Waals surface area (Å²) in [7, 11) is 0. The van der Waals surface area contributed by atoms with Crippen LogP contribution in [0.4, 0.5) is 0 Å². The maximum Gasteiger partial charge on any atom is -0.00254 e. The fraction of sp³-hybridized carbons (Fsp3) is 0.400. The molecule has 0 unspecified atom stereocenters. The molecule has 0 radical (unpaired) electrons. The number of benzene rings is 3. The van der Waals surface area contributed by atoms with Crippen LogP contribution in [0.3, 0.4) is 0 Å². The fourth-order valence-corrected chi connectivity index (χ4v) is 4.10. The Morgan fingerprint density at radius 1 is 0.333 bits per heavy atom. The molecule has 0 nitrogen and oxygen atoms in total. The zero-order chi connectivity index (χ0) is 22.7. The Kier molecular flexibility index (Phi) is 7.70. The Labute approximate surface area is 185 Å². The van der Waals surface area contributed by atoms with E-state index in [1.807, 2.05) is 0 Å². The molecule has 0 spiro atoms. The van der Waals surface area contributed by atoms with Crippen molar-refractivity contribution in [3.8, 4) is 0 Å². The molecule has 0 amide bonds. The molecule has 0 N–H and O–H groups in total. The molecule has 0 saturated carbocycles. The molecule has 0 aromatic heterocycles. The highest BCUT2D eigenvalue weighted by Crippen LogP contribution is 2.22. The summed E-state index contributed by atoms with van der Waals surface area (Å²) >= 11 is 0. The van der Waals surface area contributed by atoms with Crippen LogP contribution in [0, 0.1) is 76.2 Å². The standard InChI is InChI=1S/C19H24.C11H16/c1-12-7-18(8-13(2)16(12)5)11-19-9-14(3)17(6)15(4)10-19;1-7-6-8(2)10(4)11(5)9(7)3/h7-10H,11H2,1-6H3;6H,1-5H3. The first-order valence-corrected chi connectivity index (χ1v) is 11.1. The molecule has 0 aliphatic carbocycles. The van der Waals surface area contributed by atoms with E-state index in [1.54, 1.807) is 0 Å². The molecule has 0 saturated heterocycles. The summed E-state index contributed by atoms with van der Waals surface area (Å²) in [6.45, 7) is 24.2. The molecule has 3 rings (SSSR count). The van der Waals surface area contributed by atoms with Gasteiger partial charge in [0, 0.05) is 0 Å². The van der Waals surface area contributed by atoms with E-state index < -0.39 is 0 Å². The van der Waals surface area contributed by atoms with Crippen LogP contribution in [0.5, 0.6) is 0 Å². The second-order valence-electron chi connectivity index (χ2n) is 9.27. The number of hydrogen-bond donors (Lipinski definition) is 0. The zero-order valence-corrected chi connectivity index (χ0v) is 21.1. The van der Waals surface area contributed by atoms with Gasteiger partial charge in [-0.2, -0.15) is 0 Å². The summed E-state index contributed by atoms with van der Waals surface area (Å²) < 4.78 is 0. The van der Waals surface area contributed by atoms with E-state index >= 15 is 0 Å². The maximum atomic E-state index is 2.33. The minimum Gasteiger partial charge on any atom is -0.0558 e. The summed E-state index contributed by atoms with van der Waals surface area (Å²) in [6.07, 6.45) is 1.03. The van der Waals surface area contributed by atoms with Crippen LogP contribution < -0.4 is 0 Å². The summed E-state index contributed by atoms with van der Waals surface area (Å²) in [5.74, 6) is 0. The van der Waals surface area contributed by atoms with Crippen molar-refractivity contribution in [3.63, 3.8) is 0 Å². The van der Waals surface area contributed by atoms with Gasteiger partial charge in [-0.3, -0.25) is 0 Å². The Balaban J connectivity index is 0.000000248. The van der Waals surface area contributed by atoms with Crippen LogP contribution in [0.2, 0.25) is 0 Å². The molecule has 0 atom stereocenters. The second kappa shape index (κ2) is 9.65. The monoisotopic (exact) mass is 400 g/mol. The normalized spacial score (nSPS) is 10.6. The van der Waals surface area contributed by atoms with Gasteiger partial charge in [-0.05, 0) is 155 Å². The number of hydrogen-bond acceptors (Lipinski definition) is 0. The molecular weight excluding hydrogens is 360 g/mol. The maximum absolute atomic E-state index is 2.33. The molecule has 0 aliphatic heterocycles. The van der Waals surface area contributed by atoms with E-state index in [0.29, 0.717) is 0 Å². The third-order valence-corrected chi connectivity index (χ3v) is 7.12. The van der Waals surface area contributed by atoms with Gasteiger partial charge >= 0.3 is 0 Å². The molecule has 30 heavy (non-hydrogen) atoms. The highest BCUT2D eigenvalue weighted by Gasteiger charge is 2.05. The van der Waals surface area contributed by atoms with E-state index in [-0.39, 0.29) is 0 Å². The molecule has 160 valence electrons. The fourth-order valence-electron chi connectivity index (χ4n) is 4.10. The van der Waals surface area contributed by atoms with E-state index in [0.717, 1.165) is 6.42 Å². The van der Waals surface area contributed by atoms with Gasteiger partial charge in [-0.15, -0.1) is 0 Å². The van der Waals surface area contributed by atoms with Gasteiger partial charge in [-0.25, -0.2) is 0 Å². The lowest BCUT2D eigenvalue weighted by Crippen LogP contribution is -1.96. The lowest BCUT2D eigenvalue weighted by molar-refractivity contribution is 1.12. The number of aryl methyl sites for hydroxylation is 6. The summed E-state index contributed by atoms with van der Waals surface area (Å²) in [5, 5.41) is 0. The highest BCUT2D eigenvalue weighted by molar-refractivity contribution is 5.43. The molecular formula is C30H40. The van der Waals surface area contributed by atoms with Gasteiger partial charge < -0.3 is 0 Å². The van der Waals surface area contributed by atoms with Crippen molar-refractivity contribution in [3.05, 3.63) is 103 Å². The second-order valence-corrected chi connectivity index (χ2v) is 9.27. The van der Waals surface area contributed by atoms with Crippen molar-refractivity contribution in [1.29, 1.82) is 0 Å². The predicted octanol–water partition coefficient (Wildman–Crippen LogP) is 8.36. The van der Waals surface area contributed by atoms with Gasteiger partial charge in [0.15, 0.2) is 0 Å². The molecule has 3 aromatic carbocycles. The minimum atomic E-state index is 1.03. The Bertz CT molecular complexity index is 936. The van der Waals surface area contributed by atoms with Gasteiger partial charge in [0.1, 0.15) is 0 Å². The third-order valence-electron chi connectivity index (χ3n) is 7.12. The van der Waals surface area contributed by atoms with Crippen LogP contribution in [-0.4, -0.2) is 0 Å². The van der Waals surface area contributed by atoms with Crippen molar-refractivity contribution in [2.75, 3.05) is 0 Å². The Hall–Kier alpha value is -2.34. The summed E-state index contributed by atoms with van der Waals surface area (Å²) in [5.41, 5.74) is 18.4. The van der Waals surface area contributed by atoms with Crippen molar-refractivity contribution in [2.24, 2.45) is 0 Å². The smallest absolute Gasteiger partial charge is 0.00254 e. The first-order chi connectivity index (χ1) is 13.9. The molecule has 0 heteroatoms. The average molecular weight is 401 g/mol. The predicted molar refractivity (Wildman–Crippen MR) is 134 cm³/mol. The van der Waals surface area contributed by atoms with Crippen LogP contribution >= 0.6 is 0 Å². The summed E-state index contributed by atoms with van der Waals surface area (Å²) in [4.78, 5) is 0. The van der Waals surface area contributed by atoms with E-state index in [9.17, 15) is 0 Å². The van der Waals surface area contributed by atoms with Gasteiger partial charge in [0.2, 0.25) is 0 Å². The van der Waals surface area contributed by atoms with E-state index in [4.69, 9.17) is 0 Å². The van der Waals surface area contributed by atoms with Gasteiger partial charge in [-0.1, -0.05) is 30.3 Å². The van der Waals surface area contributed by atoms with Crippen LogP contribution in [0.15, 0.2) is 30.3 Å². The number of rotatable bonds is 2. The van der Waals surface area contributed by atoms with Crippen LogP contribution in [0.1, 0.15) is 72.3 Å². The molecule has 0 bridgehead atoms. The Morgan fingerprint density at radius 3 is 0.900 bits per heavy atom. The first kappa shape index (κ1) is 23.9. The van der Waals surface area contributed by atoms with E-state index in [2.05, 4.69) is 106 Å². The topological polar surface area (TPSA) is 0 Å². The lowest BCUT2D eigenvalue weighted by Gasteiger charge is -2.12. The summed E-state index contributed by atoms with van der Waals surface area (Å²) in [6, 6.07) is 11.6. The molecule has 3 aromatic rings. The van der Waals surface area contributed by atoms with Gasteiger partial charge in [0.25, 0.3) is 0 Å². The zero-order valence-electron chi connectivity index (χ0n) is 21.1. The average Bonchev–Trinajstić information content (AvgIpc) is 2.67. The van der Waals surface area contributed by atoms with Crippen molar-refractivity contribution in [1.82, 2.24) is 0 Å². The van der Waals surface area contributed by atoms with E-state index in [1.165, 1.54) is 72.3 Å². The van der Waals surface area contributed by atoms with Crippen molar-refractivity contribution >= 4 is 0 Å². The molecule has 0 heterocycles. The molecule has 0 fully saturated rings. The van der Waals surface area contributed by atoms with Crippen LogP contribution in [0.25, 0.3) is 0 Å². The highest BCUT2D eigenvalue weighted by atomic mass is 14.1. The molecule has 0 aliphatic rings.